The molecule has 0 amide bonds. The molecule has 0 heterocycles. The van der Waals surface area contributed by atoms with E-state index in [1.54, 1.807) is 0 Å². The normalized spacial score (nSPS) is 10.5. The number of nitrogen functional groups attached to an aromatic ring is 4. The van der Waals surface area contributed by atoms with E-state index in [0.29, 0.717) is 28.3 Å². The van der Waals surface area contributed by atoms with Crippen LogP contribution in [0, 0.1) is 12.3 Å². The van der Waals surface area contributed by atoms with Gasteiger partial charge in [0.1, 0.15) is 0 Å². The predicted octanol–water partition coefficient (Wildman–Crippen LogP) is 5.00. The zero-order chi connectivity index (χ0) is 21.3. The van der Waals surface area contributed by atoms with E-state index in [9.17, 15) is 0 Å². The van der Waals surface area contributed by atoms with Crippen LogP contribution in [0.4, 0.5) is 22.7 Å². The number of nitrogens with two attached hydrogens (primary N) is 4. The molecule has 0 unspecified atom stereocenters. The second kappa shape index (κ2) is 7.57. The minimum Gasteiger partial charge on any atom is -0.397 e. The van der Waals surface area contributed by atoms with E-state index >= 15 is 0 Å². The average molecular weight is 390 g/mol. The van der Waals surface area contributed by atoms with Gasteiger partial charge in [0, 0.05) is 5.56 Å². The molecule has 4 rings (SSSR count). The predicted molar refractivity (Wildman–Crippen MR) is 128 cm³/mol. The Kier molecular flexibility index (Phi) is 4.79. The van der Waals surface area contributed by atoms with Gasteiger partial charge in [0.25, 0.3) is 0 Å². The smallest absolute Gasteiger partial charge is 0.0713 e. The first-order valence-corrected chi connectivity index (χ1v) is 9.50. The maximum atomic E-state index is 6.27. The van der Waals surface area contributed by atoms with Crippen LogP contribution in [0.2, 0.25) is 0 Å². The fourth-order valence-corrected chi connectivity index (χ4v) is 3.70. The van der Waals surface area contributed by atoms with Gasteiger partial charge in [-0.25, -0.2) is 0 Å². The van der Waals surface area contributed by atoms with Crippen molar-refractivity contribution in [2.45, 2.75) is 0 Å². The summed E-state index contributed by atoms with van der Waals surface area (Å²) in [5.74, 6) is 2.74. The Balaban J connectivity index is 2.14. The summed E-state index contributed by atoms with van der Waals surface area (Å²) in [5.41, 5.74) is 32.8. The highest BCUT2D eigenvalue weighted by atomic mass is 14.7. The monoisotopic (exact) mass is 390 g/mol. The van der Waals surface area contributed by atoms with Gasteiger partial charge in [0.05, 0.1) is 28.3 Å². The van der Waals surface area contributed by atoms with Crippen molar-refractivity contribution in [2.75, 3.05) is 22.9 Å². The molecule has 0 spiro atoms. The maximum absolute atomic E-state index is 6.27. The fourth-order valence-electron chi connectivity index (χ4n) is 3.70. The van der Waals surface area contributed by atoms with E-state index in [2.05, 4.69) is 5.92 Å². The molecule has 146 valence electrons. The minimum absolute atomic E-state index is 0.393. The number of rotatable bonds is 3. The third-order valence-electron chi connectivity index (χ3n) is 5.20. The Morgan fingerprint density at radius 2 is 1.07 bits per heavy atom. The van der Waals surface area contributed by atoms with Crippen molar-refractivity contribution in [1.82, 2.24) is 0 Å². The standard InChI is InChI=1S/C26H22N4/c1-2-18-25(17-11-7-4-8-12-17)21(15-24(29)26(18)30)20-14-23(28)22(27)13-19(20)16-9-5-3-6-10-16/h1,3-15H,27-30H2. The van der Waals surface area contributed by atoms with Crippen molar-refractivity contribution < 1.29 is 0 Å². The van der Waals surface area contributed by atoms with Crippen LogP contribution in [0.5, 0.6) is 0 Å². The van der Waals surface area contributed by atoms with Gasteiger partial charge in [-0.05, 0) is 46.0 Å². The number of hydrogen-bond donors (Lipinski definition) is 4. The summed E-state index contributed by atoms with van der Waals surface area (Å²) in [6.07, 6.45) is 5.88. The van der Waals surface area contributed by atoms with Gasteiger partial charge in [-0.15, -0.1) is 6.42 Å². The van der Waals surface area contributed by atoms with Crippen molar-refractivity contribution in [3.63, 3.8) is 0 Å². The third-order valence-corrected chi connectivity index (χ3v) is 5.20. The third kappa shape index (κ3) is 3.19. The molecule has 0 aliphatic heterocycles. The van der Waals surface area contributed by atoms with Crippen LogP contribution in [0.15, 0.2) is 78.9 Å². The summed E-state index contributed by atoms with van der Waals surface area (Å²) in [6, 6.07) is 25.5. The van der Waals surface area contributed by atoms with Gasteiger partial charge in [-0.2, -0.15) is 0 Å². The summed E-state index contributed by atoms with van der Waals surface area (Å²) in [4.78, 5) is 0. The largest absolute Gasteiger partial charge is 0.397 e. The van der Waals surface area contributed by atoms with E-state index in [0.717, 1.165) is 33.4 Å². The van der Waals surface area contributed by atoms with Crippen LogP contribution in [0.25, 0.3) is 33.4 Å². The SMILES string of the molecule is C#Cc1c(N)c(N)cc(-c2cc(N)c(N)cc2-c2ccccc2)c1-c1ccccc1. The van der Waals surface area contributed by atoms with Crippen molar-refractivity contribution in [2.24, 2.45) is 0 Å². The molecule has 0 bridgehead atoms. The Morgan fingerprint density at radius 3 is 1.63 bits per heavy atom. The van der Waals surface area contributed by atoms with E-state index in [-0.39, 0.29) is 0 Å². The van der Waals surface area contributed by atoms with Crippen LogP contribution in [-0.2, 0) is 0 Å². The van der Waals surface area contributed by atoms with Crippen molar-refractivity contribution in [1.29, 1.82) is 0 Å². The van der Waals surface area contributed by atoms with Crippen LogP contribution < -0.4 is 22.9 Å². The maximum Gasteiger partial charge on any atom is 0.0713 e. The molecule has 0 aromatic heterocycles. The molecule has 0 aliphatic carbocycles. The van der Waals surface area contributed by atoms with E-state index in [1.807, 2.05) is 78.9 Å². The Bertz CT molecular complexity index is 1270. The molecule has 0 atom stereocenters. The van der Waals surface area contributed by atoms with Gasteiger partial charge in [0.2, 0.25) is 0 Å². The van der Waals surface area contributed by atoms with Crippen molar-refractivity contribution in [3.05, 3.63) is 84.4 Å². The first-order valence-electron chi connectivity index (χ1n) is 9.50. The van der Waals surface area contributed by atoms with Gasteiger partial charge in [-0.3, -0.25) is 0 Å². The quantitative estimate of drug-likeness (QED) is 0.292. The Labute approximate surface area is 176 Å². The molecule has 0 radical (unpaired) electrons. The van der Waals surface area contributed by atoms with Gasteiger partial charge in [-0.1, -0.05) is 66.6 Å². The second-order valence-electron chi connectivity index (χ2n) is 7.08. The zero-order valence-corrected chi connectivity index (χ0v) is 16.4. The highest BCUT2D eigenvalue weighted by molar-refractivity contribution is 6.00. The number of terminal acetylenes is 1. The molecule has 30 heavy (non-hydrogen) atoms. The van der Waals surface area contributed by atoms with E-state index < -0.39 is 0 Å². The molecule has 0 fully saturated rings. The molecule has 4 heteroatoms. The molecular weight excluding hydrogens is 368 g/mol. The highest BCUT2D eigenvalue weighted by Crippen LogP contribution is 2.45. The lowest BCUT2D eigenvalue weighted by Gasteiger charge is -2.20. The molecule has 4 nitrogen and oxygen atoms in total. The first kappa shape index (κ1) is 19.0. The van der Waals surface area contributed by atoms with Gasteiger partial charge >= 0.3 is 0 Å². The summed E-state index contributed by atoms with van der Waals surface area (Å²) >= 11 is 0. The van der Waals surface area contributed by atoms with E-state index in [1.165, 1.54) is 0 Å². The van der Waals surface area contributed by atoms with Crippen molar-refractivity contribution in [3.8, 4) is 45.7 Å². The van der Waals surface area contributed by atoms with E-state index in [4.69, 9.17) is 29.4 Å². The molecule has 0 aliphatic rings. The van der Waals surface area contributed by atoms with Crippen molar-refractivity contribution >= 4 is 22.7 Å². The Hall–Kier alpha value is -4.36. The number of hydrogen-bond acceptors (Lipinski definition) is 4. The highest BCUT2D eigenvalue weighted by Gasteiger charge is 2.20. The molecule has 4 aromatic rings. The lowest BCUT2D eigenvalue weighted by atomic mass is 9.85. The van der Waals surface area contributed by atoms with Gasteiger partial charge in [0.15, 0.2) is 0 Å². The molecular formula is C26H22N4. The summed E-state index contributed by atoms with van der Waals surface area (Å²) in [6.45, 7) is 0. The summed E-state index contributed by atoms with van der Waals surface area (Å²) in [7, 11) is 0. The molecule has 0 saturated heterocycles. The number of benzene rings is 4. The molecule has 0 saturated carbocycles. The van der Waals surface area contributed by atoms with Crippen LogP contribution in [0.1, 0.15) is 5.56 Å². The van der Waals surface area contributed by atoms with Crippen LogP contribution in [-0.4, -0.2) is 0 Å². The topological polar surface area (TPSA) is 104 Å². The molecule has 4 aromatic carbocycles. The molecule has 8 N–H and O–H groups in total. The van der Waals surface area contributed by atoms with Crippen LogP contribution >= 0.6 is 0 Å². The lowest BCUT2D eigenvalue weighted by Crippen LogP contribution is -2.03. The summed E-state index contributed by atoms with van der Waals surface area (Å²) in [5, 5.41) is 0. The Morgan fingerprint density at radius 1 is 0.567 bits per heavy atom. The minimum atomic E-state index is 0.393. The number of anilines is 4. The van der Waals surface area contributed by atoms with Gasteiger partial charge < -0.3 is 22.9 Å². The second-order valence-corrected chi connectivity index (χ2v) is 7.08. The zero-order valence-electron chi connectivity index (χ0n) is 16.4. The lowest BCUT2D eigenvalue weighted by molar-refractivity contribution is 1.53. The average Bonchev–Trinajstić information content (AvgIpc) is 2.78. The first-order chi connectivity index (χ1) is 14.5. The fraction of sp³-hybridized carbons (Fsp3) is 0. The van der Waals surface area contributed by atoms with Crippen LogP contribution in [0.3, 0.4) is 0 Å². The summed E-state index contributed by atoms with van der Waals surface area (Å²) < 4.78 is 0.